The number of hydrogen-bond acceptors (Lipinski definition) is 7. The Balaban J connectivity index is 1.45. The fraction of sp³-hybridized carbons (Fsp3) is 0.308. The Morgan fingerprint density at radius 1 is 1.09 bits per heavy atom. The molecule has 4 aromatic rings. The number of nitrogens with two attached hydrogens (primary N) is 1. The first-order chi connectivity index (χ1) is 16.6. The number of nitrogen functional groups attached to an aromatic ring is 1. The molecule has 3 aromatic heterocycles. The van der Waals surface area contributed by atoms with E-state index in [0.717, 1.165) is 48.9 Å². The van der Waals surface area contributed by atoms with Gasteiger partial charge in [0.05, 0.1) is 11.9 Å². The summed E-state index contributed by atoms with van der Waals surface area (Å²) in [6.45, 7) is 0.802. The largest absolute Gasteiger partial charge is 0.382 e. The summed E-state index contributed by atoms with van der Waals surface area (Å²) >= 11 is 0. The minimum atomic E-state index is -0.0279. The lowest BCUT2D eigenvalue weighted by molar-refractivity contribution is 0.434. The predicted octanol–water partition coefficient (Wildman–Crippen LogP) is 4.50. The van der Waals surface area contributed by atoms with Gasteiger partial charge >= 0.3 is 0 Å². The monoisotopic (exact) mass is 456 g/mol. The topological polar surface area (TPSA) is 123 Å². The highest BCUT2D eigenvalue weighted by molar-refractivity contribution is 5.73. The van der Waals surface area contributed by atoms with Gasteiger partial charge in [0.15, 0.2) is 17.3 Å². The Morgan fingerprint density at radius 3 is 2.65 bits per heavy atom. The van der Waals surface area contributed by atoms with Crippen LogP contribution >= 0.6 is 0 Å². The lowest BCUT2D eigenvalue weighted by Crippen LogP contribution is -2.18. The van der Waals surface area contributed by atoms with Gasteiger partial charge in [-0.15, -0.1) is 0 Å². The fourth-order valence-electron chi connectivity index (χ4n) is 4.61. The number of aromatic nitrogens is 4. The zero-order valence-electron chi connectivity index (χ0n) is 19.2. The molecule has 8 heteroatoms. The summed E-state index contributed by atoms with van der Waals surface area (Å²) in [5, 5.41) is 7.34. The summed E-state index contributed by atoms with van der Waals surface area (Å²) in [5.74, 6) is 0.987. The molecule has 4 N–H and O–H groups in total. The van der Waals surface area contributed by atoms with Gasteiger partial charge in [0.25, 0.3) is 5.56 Å². The van der Waals surface area contributed by atoms with Gasteiger partial charge in [-0.2, -0.15) is 0 Å². The third-order valence-electron chi connectivity index (χ3n) is 6.45. The standard InChI is InChI=1S/C26H28N6O2/c1-28-13-16-7-9-18(10-8-16)21-12-23(34-32-21)24-25(27)29-15-22(31-24)19-11-20(26(33)30-14-19)17-5-3-2-4-6-17/h7-12,14-15,17,28H,2-6,13H2,1H3,(H2,27,29)(H,30,33). The van der Waals surface area contributed by atoms with Crippen molar-refractivity contribution in [1.29, 1.82) is 0 Å². The van der Waals surface area contributed by atoms with Crippen molar-refractivity contribution in [3.05, 3.63) is 70.3 Å². The molecule has 5 rings (SSSR count). The van der Waals surface area contributed by atoms with Crippen LogP contribution in [0, 0.1) is 0 Å². The second kappa shape index (κ2) is 9.61. The molecular weight excluding hydrogens is 428 g/mol. The van der Waals surface area contributed by atoms with E-state index in [0.29, 0.717) is 22.8 Å². The number of rotatable bonds is 6. The summed E-state index contributed by atoms with van der Waals surface area (Å²) in [4.78, 5) is 24.4. The molecule has 0 saturated heterocycles. The molecule has 0 unspecified atom stereocenters. The minimum Gasteiger partial charge on any atom is -0.382 e. The molecule has 174 valence electrons. The number of nitrogens with zero attached hydrogens (tertiary/aromatic N) is 3. The van der Waals surface area contributed by atoms with E-state index in [1.165, 1.54) is 12.0 Å². The zero-order chi connectivity index (χ0) is 23.5. The van der Waals surface area contributed by atoms with Crippen molar-refractivity contribution in [2.75, 3.05) is 12.8 Å². The van der Waals surface area contributed by atoms with Gasteiger partial charge < -0.3 is 20.6 Å². The molecular formula is C26H28N6O2. The zero-order valence-corrected chi connectivity index (χ0v) is 19.2. The molecule has 0 atom stereocenters. The lowest BCUT2D eigenvalue weighted by atomic mass is 9.84. The molecule has 0 spiro atoms. The van der Waals surface area contributed by atoms with Crippen LogP contribution in [0.5, 0.6) is 0 Å². The number of pyridine rings is 1. The van der Waals surface area contributed by atoms with Crippen molar-refractivity contribution < 1.29 is 4.52 Å². The van der Waals surface area contributed by atoms with Crippen LogP contribution in [0.15, 0.2) is 58.1 Å². The Kier molecular flexibility index (Phi) is 6.22. The maximum atomic E-state index is 12.5. The summed E-state index contributed by atoms with van der Waals surface area (Å²) in [6.07, 6.45) is 8.94. The van der Waals surface area contributed by atoms with Crippen molar-refractivity contribution in [2.24, 2.45) is 0 Å². The van der Waals surface area contributed by atoms with E-state index < -0.39 is 0 Å². The van der Waals surface area contributed by atoms with Crippen molar-refractivity contribution in [1.82, 2.24) is 25.4 Å². The lowest BCUT2D eigenvalue weighted by Gasteiger charge is -2.21. The molecule has 1 aromatic carbocycles. The van der Waals surface area contributed by atoms with Crippen LogP contribution in [0.3, 0.4) is 0 Å². The number of hydrogen-bond donors (Lipinski definition) is 3. The smallest absolute Gasteiger partial charge is 0.251 e. The molecule has 8 nitrogen and oxygen atoms in total. The van der Waals surface area contributed by atoms with Crippen molar-refractivity contribution in [2.45, 2.75) is 44.6 Å². The summed E-state index contributed by atoms with van der Waals surface area (Å²) in [6, 6.07) is 11.9. The Labute approximate surface area is 197 Å². The van der Waals surface area contributed by atoms with Crippen LogP contribution in [-0.2, 0) is 6.54 Å². The normalized spacial score (nSPS) is 14.4. The van der Waals surface area contributed by atoms with Gasteiger partial charge in [0.1, 0.15) is 5.69 Å². The molecule has 34 heavy (non-hydrogen) atoms. The Bertz CT molecular complexity index is 1340. The molecule has 1 saturated carbocycles. The first-order valence-corrected chi connectivity index (χ1v) is 11.7. The van der Waals surface area contributed by atoms with Crippen LogP contribution in [0.1, 0.15) is 49.1 Å². The highest BCUT2D eigenvalue weighted by Crippen LogP contribution is 2.33. The number of nitrogens with one attached hydrogen (secondary N) is 2. The van der Waals surface area contributed by atoms with Crippen LogP contribution in [-0.4, -0.2) is 27.2 Å². The SMILES string of the molecule is CNCc1ccc(-c2cc(-c3nc(-c4c[nH]c(=O)c(C5CCCCC5)c4)cnc3N)on2)cc1. The maximum Gasteiger partial charge on any atom is 0.251 e. The van der Waals surface area contributed by atoms with Crippen molar-refractivity contribution in [3.63, 3.8) is 0 Å². The van der Waals surface area contributed by atoms with E-state index in [1.807, 2.05) is 31.3 Å². The quantitative estimate of drug-likeness (QED) is 0.390. The van der Waals surface area contributed by atoms with E-state index in [-0.39, 0.29) is 17.3 Å². The predicted molar refractivity (Wildman–Crippen MR) is 132 cm³/mol. The van der Waals surface area contributed by atoms with E-state index in [1.54, 1.807) is 12.4 Å². The summed E-state index contributed by atoms with van der Waals surface area (Å²) in [5.41, 5.74) is 11.6. The third-order valence-corrected chi connectivity index (χ3v) is 6.45. The fourth-order valence-corrected chi connectivity index (χ4v) is 4.61. The summed E-state index contributed by atoms with van der Waals surface area (Å²) < 4.78 is 5.59. The second-order valence-corrected chi connectivity index (χ2v) is 8.80. The molecule has 0 aliphatic heterocycles. The number of benzene rings is 1. The molecule has 3 heterocycles. The van der Waals surface area contributed by atoms with Gasteiger partial charge in [0.2, 0.25) is 0 Å². The van der Waals surface area contributed by atoms with Crippen LogP contribution in [0.25, 0.3) is 34.0 Å². The van der Waals surface area contributed by atoms with Crippen molar-refractivity contribution in [3.8, 4) is 34.0 Å². The average Bonchev–Trinajstić information content (AvgIpc) is 3.36. The van der Waals surface area contributed by atoms with Gasteiger partial charge in [-0.3, -0.25) is 4.79 Å². The van der Waals surface area contributed by atoms with E-state index in [2.05, 4.69) is 32.6 Å². The number of H-pyrrole nitrogens is 1. The Morgan fingerprint density at radius 2 is 1.88 bits per heavy atom. The Hall–Kier alpha value is -3.78. The highest BCUT2D eigenvalue weighted by atomic mass is 16.5. The van der Waals surface area contributed by atoms with E-state index in [9.17, 15) is 4.79 Å². The number of aromatic amines is 1. The third kappa shape index (κ3) is 4.49. The van der Waals surface area contributed by atoms with Gasteiger partial charge in [-0.05, 0) is 37.4 Å². The molecule has 0 radical (unpaired) electrons. The highest BCUT2D eigenvalue weighted by Gasteiger charge is 2.20. The minimum absolute atomic E-state index is 0.0279. The molecule has 1 aliphatic carbocycles. The van der Waals surface area contributed by atoms with Gasteiger partial charge in [0, 0.05) is 35.5 Å². The number of anilines is 1. The molecule has 0 amide bonds. The average molecular weight is 457 g/mol. The van der Waals surface area contributed by atoms with E-state index >= 15 is 0 Å². The molecule has 1 aliphatic rings. The van der Waals surface area contributed by atoms with Crippen molar-refractivity contribution >= 4 is 5.82 Å². The van der Waals surface area contributed by atoms with Gasteiger partial charge in [-0.25, -0.2) is 9.97 Å². The maximum absolute atomic E-state index is 12.5. The second-order valence-electron chi connectivity index (χ2n) is 8.80. The van der Waals surface area contributed by atoms with E-state index in [4.69, 9.17) is 15.2 Å². The summed E-state index contributed by atoms with van der Waals surface area (Å²) in [7, 11) is 1.92. The first kappa shape index (κ1) is 22.0. The first-order valence-electron chi connectivity index (χ1n) is 11.7. The van der Waals surface area contributed by atoms with Crippen LogP contribution in [0.2, 0.25) is 0 Å². The van der Waals surface area contributed by atoms with Crippen LogP contribution in [0.4, 0.5) is 5.82 Å². The van der Waals surface area contributed by atoms with Crippen LogP contribution < -0.4 is 16.6 Å². The van der Waals surface area contributed by atoms with Gasteiger partial charge in [-0.1, -0.05) is 48.7 Å². The molecule has 0 bridgehead atoms. The molecule has 1 fully saturated rings.